The molecule has 0 unspecified atom stereocenters. The van der Waals surface area contributed by atoms with E-state index in [0.717, 1.165) is 16.3 Å². The summed E-state index contributed by atoms with van der Waals surface area (Å²) in [5.74, 6) is 0.350. The van der Waals surface area contributed by atoms with E-state index in [4.69, 9.17) is 4.74 Å². The maximum absolute atomic E-state index is 11.1. The molecule has 3 heteroatoms. The van der Waals surface area contributed by atoms with E-state index in [1.54, 1.807) is 13.0 Å². The van der Waals surface area contributed by atoms with Crippen molar-refractivity contribution in [3.05, 3.63) is 42.0 Å². The number of rotatable bonds is 3. The van der Waals surface area contributed by atoms with Gasteiger partial charge in [0.2, 0.25) is 0 Å². The molecule has 0 saturated heterocycles. The minimum Gasteiger partial charge on any atom is -0.427 e. The molecule has 3 nitrogen and oxygen atoms in total. The summed E-state index contributed by atoms with van der Waals surface area (Å²) in [6, 6.07) is 11.3. The summed E-state index contributed by atoms with van der Waals surface area (Å²) in [7, 11) is 0. The van der Waals surface area contributed by atoms with Crippen LogP contribution < -0.4 is 4.74 Å². The van der Waals surface area contributed by atoms with Gasteiger partial charge in [0.15, 0.2) is 0 Å². The Hall–Kier alpha value is -2.16. The van der Waals surface area contributed by atoms with Gasteiger partial charge in [0.1, 0.15) is 11.5 Å². The Morgan fingerprint density at radius 3 is 2.15 bits per heavy atom. The van der Waals surface area contributed by atoms with Crippen LogP contribution in [0.1, 0.15) is 33.3 Å². The van der Waals surface area contributed by atoms with E-state index in [1.165, 1.54) is 6.92 Å². The fraction of sp³-hybridized carbons (Fsp3) is 0.294. The Balaban J connectivity index is 0.000000956. The maximum atomic E-state index is 11.1. The zero-order valence-electron chi connectivity index (χ0n) is 12.4. The highest BCUT2D eigenvalue weighted by molar-refractivity contribution is 5.87. The van der Waals surface area contributed by atoms with Crippen LogP contribution in [-0.2, 0) is 16.0 Å². The van der Waals surface area contributed by atoms with Crippen LogP contribution in [0.25, 0.3) is 10.8 Å². The summed E-state index contributed by atoms with van der Waals surface area (Å²) in [6.45, 7) is 6.95. The van der Waals surface area contributed by atoms with Gasteiger partial charge in [-0.3, -0.25) is 9.59 Å². The minimum absolute atomic E-state index is 0.144. The van der Waals surface area contributed by atoms with E-state index < -0.39 is 0 Å². The molecule has 0 aliphatic rings. The summed E-state index contributed by atoms with van der Waals surface area (Å²) in [4.78, 5) is 21.9. The molecule has 0 spiro atoms. The number of ether oxygens (including phenoxy) is 1. The van der Waals surface area contributed by atoms with Crippen LogP contribution in [-0.4, -0.2) is 11.8 Å². The quantitative estimate of drug-likeness (QED) is 0.628. The van der Waals surface area contributed by atoms with Crippen LogP contribution in [0, 0.1) is 0 Å². The lowest BCUT2D eigenvalue weighted by atomic mass is 10.0. The van der Waals surface area contributed by atoms with Crippen LogP contribution in [0.5, 0.6) is 5.75 Å². The summed E-state index contributed by atoms with van der Waals surface area (Å²) >= 11 is 0. The third-order valence-corrected chi connectivity index (χ3v) is 2.59. The lowest BCUT2D eigenvalue weighted by molar-refractivity contribution is -0.131. The first-order valence-corrected chi connectivity index (χ1v) is 6.75. The molecule has 2 aromatic carbocycles. The third-order valence-electron chi connectivity index (χ3n) is 2.59. The van der Waals surface area contributed by atoms with Crippen LogP contribution >= 0.6 is 0 Å². The van der Waals surface area contributed by atoms with Crippen LogP contribution in [0.2, 0.25) is 0 Å². The van der Waals surface area contributed by atoms with Gasteiger partial charge in [-0.05, 0) is 35.4 Å². The predicted molar refractivity (Wildman–Crippen MR) is 81.0 cm³/mol. The number of esters is 1. The molecule has 0 radical (unpaired) electrons. The van der Waals surface area contributed by atoms with Crippen molar-refractivity contribution >= 4 is 22.5 Å². The number of ketones is 1. The standard InChI is InChI=1S/C15H14O3.C2H6/c1-10(16)7-12-3-4-14-9-15(18-11(2)17)6-5-13(14)8-12;1-2/h3-6,8-9H,7H2,1-2H3;1-2H3. The summed E-state index contributed by atoms with van der Waals surface area (Å²) in [5, 5.41) is 2.02. The average Bonchev–Trinajstić information content (AvgIpc) is 2.40. The van der Waals surface area contributed by atoms with Crippen molar-refractivity contribution in [3.63, 3.8) is 0 Å². The first kappa shape index (κ1) is 15.9. The molecule has 0 saturated carbocycles. The minimum atomic E-state index is -0.331. The second-order valence-corrected chi connectivity index (χ2v) is 4.32. The van der Waals surface area contributed by atoms with Crippen molar-refractivity contribution < 1.29 is 14.3 Å². The van der Waals surface area contributed by atoms with Gasteiger partial charge in [-0.2, -0.15) is 0 Å². The average molecular weight is 272 g/mol. The van der Waals surface area contributed by atoms with E-state index in [0.29, 0.717) is 12.2 Å². The van der Waals surface area contributed by atoms with Crippen LogP contribution in [0.3, 0.4) is 0 Å². The van der Waals surface area contributed by atoms with E-state index in [9.17, 15) is 9.59 Å². The Bertz CT molecular complexity index is 559. The van der Waals surface area contributed by atoms with Crippen molar-refractivity contribution in [3.8, 4) is 5.75 Å². The van der Waals surface area contributed by atoms with Gasteiger partial charge < -0.3 is 4.74 Å². The Morgan fingerprint density at radius 2 is 1.55 bits per heavy atom. The zero-order valence-corrected chi connectivity index (χ0v) is 12.4. The van der Waals surface area contributed by atoms with Crippen LogP contribution in [0.4, 0.5) is 0 Å². The highest BCUT2D eigenvalue weighted by Gasteiger charge is 2.03. The van der Waals surface area contributed by atoms with Gasteiger partial charge in [-0.25, -0.2) is 0 Å². The Labute approximate surface area is 119 Å². The number of hydrogen-bond acceptors (Lipinski definition) is 3. The summed E-state index contributed by atoms with van der Waals surface area (Å²) in [5.41, 5.74) is 0.996. The molecule has 0 aliphatic carbocycles. The molecule has 0 atom stereocenters. The lowest BCUT2D eigenvalue weighted by Crippen LogP contribution is -2.01. The molecule has 106 valence electrons. The number of carbonyl (C=O) groups excluding carboxylic acids is 2. The van der Waals surface area contributed by atoms with Gasteiger partial charge in [0, 0.05) is 13.3 Å². The number of fused-ring (bicyclic) bond motifs is 1. The van der Waals surface area contributed by atoms with Gasteiger partial charge in [-0.1, -0.05) is 38.1 Å². The molecule has 0 heterocycles. The van der Waals surface area contributed by atoms with E-state index >= 15 is 0 Å². The van der Waals surface area contributed by atoms with E-state index in [2.05, 4.69) is 0 Å². The Kier molecular flexibility index (Phi) is 5.91. The number of hydrogen-bond donors (Lipinski definition) is 0. The van der Waals surface area contributed by atoms with Gasteiger partial charge >= 0.3 is 5.97 Å². The molecule has 0 fully saturated rings. The topological polar surface area (TPSA) is 43.4 Å². The van der Waals surface area contributed by atoms with Gasteiger partial charge in [0.25, 0.3) is 0 Å². The molecule has 20 heavy (non-hydrogen) atoms. The monoisotopic (exact) mass is 272 g/mol. The molecule has 0 aliphatic heterocycles. The molecule has 2 aromatic rings. The highest BCUT2D eigenvalue weighted by atomic mass is 16.5. The maximum Gasteiger partial charge on any atom is 0.308 e. The van der Waals surface area contributed by atoms with Crippen molar-refractivity contribution in [2.75, 3.05) is 0 Å². The largest absolute Gasteiger partial charge is 0.427 e. The highest BCUT2D eigenvalue weighted by Crippen LogP contribution is 2.22. The van der Waals surface area contributed by atoms with Gasteiger partial charge in [-0.15, -0.1) is 0 Å². The van der Waals surface area contributed by atoms with Crippen molar-refractivity contribution in [2.45, 2.75) is 34.1 Å². The van der Waals surface area contributed by atoms with E-state index in [1.807, 2.05) is 44.2 Å². The molecular weight excluding hydrogens is 252 g/mol. The first-order chi connectivity index (χ1) is 9.54. The SMILES string of the molecule is CC.CC(=O)Cc1ccc2cc(OC(C)=O)ccc2c1. The van der Waals surface area contributed by atoms with Crippen molar-refractivity contribution in [1.82, 2.24) is 0 Å². The molecular formula is C17H20O3. The molecule has 0 bridgehead atoms. The number of Topliss-reactive ketones (excluding diaryl/α,β-unsaturated/α-hetero) is 1. The Morgan fingerprint density at radius 1 is 0.950 bits per heavy atom. The second-order valence-electron chi connectivity index (χ2n) is 4.32. The fourth-order valence-electron chi connectivity index (χ4n) is 1.90. The summed E-state index contributed by atoms with van der Waals surface area (Å²) in [6.07, 6.45) is 0.446. The molecule has 0 aromatic heterocycles. The molecule has 0 amide bonds. The normalized spacial score (nSPS) is 9.60. The number of carbonyl (C=O) groups is 2. The predicted octanol–water partition coefficient (Wildman–Crippen LogP) is 3.92. The van der Waals surface area contributed by atoms with Crippen LogP contribution in [0.15, 0.2) is 36.4 Å². The van der Waals surface area contributed by atoms with Crippen molar-refractivity contribution in [1.29, 1.82) is 0 Å². The second kappa shape index (κ2) is 7.43. The fourth-order valence-corrected chi connectivity index (χ4v) is 1.90. The molecule has 0 N–H and O–H groups in total. The smallest absolute Gasteiger partial charge is 0.308 e. The van der Waals surface area contributed by atoms with Crippen molar-refractivity contribution in [2.24, 2.45) is 0 Å². The summed E-state index contributed by atoms with van der Waals surface area (Å²) < 4.78 is 5.02. The van der Waals surface area contributed by atoms with Gasteiger partial charge in [0.05, 0.1) is 0 Å². The first-order valence-electron chi connectivity index (χ1n) is 6.75. The van der Waals surface area contributed by atoms with E-state index in [-0.39, 0.29) is 11.8 Å². The lowest BCUT2D eigenvalue weighted by Gasteiger charge is -2.05. The number of benzene rings is 2. The third kappa shape index (κ3) is 4.50. The zero-order chi connectivity index (χ0) is 15.1. The molecule has 2 rings (SSSR count).